The van der Waals surface area contributed by atoms with Crippen LogP contribution in [0, 0.1) is 0 Å². The molecule has 0 aromatic carbocycles. The molecular formula is C19H21N3O2S. The van der Waals surface area contributed by atoms with Crippen molar-refractivity contribution >= 4 is 34.4 Å². The van der Waals surface area contributed by atoms with Crippen LogP contribution in [0.25, 0.3) is 22.8 Å². The van der Waals surface area contributed by atoms with Gasteiger partial charge in [0.05, 0.1) is 5.22 Å². The van der Waals surface area contributed by atoms with Crippen molar-refractivity contribution in [2.24, 2.45) is 0 Å². The van der Waals surface area contributed by atoms with E-state index < -0.39 is 0 Å². The zero-order valence-electron chi connectivity index (χ0n) is 14.5. The molecule has 0 spiro atoms. The molecule has 130 valence electrons. The molecule has 2 aromatic heterocycles. The maximum Gasteiger partial charge on any atom is 0.193 e. The van der Waals surface area contributed by atoms with Gasteiger partial charge < -0.3 is 15.5 Å². The normalized spacial score (nSPS) is 13.6. The van der Waals surface area contributed by atoms with Crippen LogP contribution in [-0.4, -0.2) is 4.98 Å². The second-order valence-corrected chi connectivity index (χ2v) is 6.04. The van der Waals surface area contributed by atoms with E-state index >= 15 is 0 Å². The van der Waals surface area contributed by atoms with Crippen LogP contribution in [0.15, 0.2) is 51.9 Å². The number of nitrogen functional groups attached to an aromatic ring is 1. The summed E-state index contributed by atoms with van der Waals surface area (Å²) in [6.07, 6.45) is 10.9. The summed E-state index contributed by atoms with van der Waals surface area (Å²) in [6.45, 7) is 9.31. The zero-order valence-corrected chi connectivity index (χ0v) is 15.3. The van der Waals surface area contributed by atoms with E-state index in [0.29, 0.717) is 32.2 Å². The quantitative estimate of drug-likeness (QED) is 0.806. The first kappa shape index (κ1) is 18.5. The Labute approximate surface area is 150 Å². The fourth-order valence-corrected chi connectivity index (χ4v) is 3.04. The average molecular weight is 355 g/mol. The summed E-state index contributed by atoms with van der Waals surface area (Å²) < 4.78 is 5.84. The molecule has 0 amide bonds. The van der Waals surface area contributed by atoms with Crippen LogP contribution >= 0.6 is 11.3 Å². The van der Waals surface area contributed by atoms with Crippen molar-refractivity contribution in [1.82, 2.24) is 4.98 Å². The molecule has 3 N–H and O–H groups in total. The Morgan fingerprint density at radius 2 is 2.12 bits per heavy atom. The third-order valence-corrected chi connectivity index (χ3v) is 4.38. The first-order valence-electron chi connectivity index (χ1n) is 7.80. The topological polar surface area (TPSA) is 81.1 Å². The van der Waals surface area contributed by atoms with E-state index in [1.807, 2.05) is 32.1 Å². The number of hydrogen-bond donors (Lipinski definition) is 2. The van der Waals surface area contributed by atoms with Gasteiger partial charge in [0.25, 0.3) is 0 Å². The molecule has 25 heavy (non-hydrogen) atoms. The van der Waals surface area contributed by atoms with Gasteiger partial charge in [0.15, 0.2) is 16.3 Å². The first-order valence-corrected chi connectivity index (χ1v) is 8.61. The lowest BCUT2D eigenvalue weighted by Gasteiger charge is -2.01. The molecule has 5 nitrogen and oxygen atoms in total. The van der Waals surface area contributed by atoms with E-state index in [-0.39, 0.29) is 5.43 Å². The molecule has 0 atom stereocenters. The fourth-order valence-electron chi connectivity index (χ4n) is 2.18. The summed E-state index contributed by atoms with van der Waals surface area (Å²) in [4.78, 5) is 17.2. The molecule has 0 saturated carbocycles. The number of nitrogens with zero attached hydrogens (tertiary/aromatic N) is 1. The number of rotatable bonds is 5. The summed E-state index contributed by atoms with van der Waals surface area (Å²) >= 11 is 1.31. The van der Waals surface area contributed by atoms with Gasteiger partial charge in [0.2, 0.25) is 0 Å². The highest BCUT2D eigenvalue weighted by atomic mass is 32.1. The molecule has 0 radical (unpaired) electrons. The van der Waals surface area contributed by atoms with Crippen molar-refractivity contribution in [1.29, 1.82) is 0 Å². The predicted octanol–water partition coefficient (Wildman–Crippen LogP) is 3.00. The lowest BCUT2D eigenvalue weighted by molar-refractivity contribution is 0.524. The SMILES string of the molecule is C=C/C(=C\C=C/C)Nc1nc(N)c(-c2cc(=O)c(=C/C)/c(=C\C)o2)s1. The number of allylic oxidation sites excluding steroid dienone is 4. The third kappa shape index (κ3) is 4.16. The summed E-state index contributed by atoms with van der Waals surface area (Å²) in [6, 6.07) is 1.44. The van der Waals surface area contributed by atoms with Crippen molar-refractivity contribution < 1.29 is 4.42 Å². The summed E-state index contributed by atoms with van der Waals surface area (Å²) in [5.74, 6) is 0.713. The van der Waals surface area contributed by atoms with E-state index in [1.54, 1.807) is 25.2 Å². The molecule has 0 aliphatic carbocycles. The first-order chi connectivity index (χ1) is 12.0. The van der Waals surface area contributed by atoms with Crippen LogP contribution in [0.1, 0.15) is 20.8 Å². The fraction of sp³-hybridized carbons (Fsp3) is 0.158. The van der Waals surface area contributed by atoms with Crippen LogP contribution in [0.2, 0.25) is 0 Å². The van der Waals surface area contributed by atoms with Gasteiger partial charge in [-0.25, -0.2) is 4.98 Å². The highest BCUT2D eigenvalue weighted by Crippen LogP contribution is 2.34. The Morgan fingerprint density at radius 3 is 2.72 bits per heavy atom. The molecule has 0 unspecified atom stereocenters. The molecule has 2 rings (SSSR count). The lowest BCUT2D eigenvalue weighted by Crippen LogP contribution is -2.37. The number of aromatic nitrogens is 1. The van der Waals surface area contributed by atoms with E-state index in [1.165, 1.54) is 17.4 Å². The molecule has 6 heteroatoms. The van der Waals surface area contributed by atoms with Gasteiger partial charge in [-0.2, -0.15) is 0 Å². The molecule has 0 fully saturated rings. The van der Waals surface area contributed by atoms with Crippen LogP contribution in [0.4, 0.5) is 10.9 Å². The summed E-state index contributed by atoms with van der Waals surface area (Å²) in [5.41, 5.74) is 7.22. The third-order valence-electron chi connectivity index (χ3n) is 3.38. The monoisotopic (exact) mass is 355 g/mol. The van der Waals surface area contributed by atoms with Crippen LogP contribution in [-0.2, 0) is 0 Å². The maximum atomic E-state index is 12.3. The average Bonchev–Trinajstić information content (AvgIpc) is 2.98. The van der Waals surface area contributed by atoms with Gasteiger partial charge in [-0.15, -0.1) is 0 Å². The van der Waals surface area contributed by atoms with E-state index in [4.69, 9.17) is 10.2 Å². The zero-order chi connectivity index (χ0) is 18.4. The Bertz CT molecular complexity index is 1010. The van der Waals surface area contributed by atoms with Gasteiger partial charge >= 0.3 is 0 Å². The molecular weight excluding hydrogens is 334 g/mol. The minimum absolute atomic E-state index is 0.112. The standard InChI is InChI=1S/C19H21N3O2S/c1-5-9-10-12(6-2)21-19-22-18(20)17(25-19)16-11-14(23)13(7-3)15(8-4)24-16/h5-11H,2,20H2,1,3-4H3,(H,21,22)/b9-5-,12-10+,13-7-,15-8+. The molecule has 0 bridgehead atoms. The van der Waals surface area contributed by atoms with E-state index in [2.05, 4.69) is 16.9 Å². The largest absolute Gasteiger partial charge is 0.455 e. The predicted molar refractivity (Wildman–Crippen MR) is 107 cm³/mol. The number of nitrogens with two attached hydrogens (primary N) is 1. The minimum Gasteiger partial charge on any atom is -0.455 e. The van der Waals surface area contributed by atoms with Crippen molar-refractivity contribution in [3.05, 3.63) is 63.5 Å². The Kier molecular flexibility index (Phi) is 6.14. The number of anilines is 2. The number of thiazole rings is 1. The van der Waals surface area contributed by atoms with Crippen molar-refractivity contribution in [3.8, 4) is 10.6 Å². The summed E-state index contributed by atoms with van der Waals surface area (Å²) in [5, 5.41) is 4.28. The number of hydrogen-bond acceptors (Lipinski definition) is 6. The lowest BCUT2D eigenvalue weighted by atomic mass is 10.2. The molecule has 0 aliphatic rings. The molecule has 0 saturated heterocycles. The minimum atomic E-state index is -0.112. The maximum absolute atomic E-state index is 12.3. The van der Waals surface area contributed by atoms with Gasteiger partial charge in [-0.3, -0.25) is 4.79 Å². The van der Waals surface area contributed by atoms with Gasteiger partial charge in [0, 0.05) is 11.8 Å². The van der Waals surface area contributed by atoms with Crippen LogP contribution < -0.4 is 27.1 Å². The van der Waals surface area contributed by atoms with Gasteiger partial charge in [-0.1, -0.05) is 36.1 Å². The van der Waals surface area contributed by atoms with E-state index in [9.17, 15) is 4.79 Å². The highest BCUT2D eigenvalue weighted by Gasteiger charge is 2.14. The Morgan fingerprint density at radius 1 is 1.36 bits per heavy atom. The smallest absolute Gasteiger partial charge is 0.193 e. The second-order valence-electron chi connectivity index (χ2n) is 5.04. The van der Waals surface area contributed by atoms with Gasteiger partial charge in [0.1, 0.15) is 16.1 Å². The van der Waals surface area contributed by atoms with Crippen molar-refractivity contribution in [3.63, 3.8) is 0 Å². The Hall–Kier alpha value is -2.86. The van der Waals surface area contributed by atoms with Gasteiger partial charge in [-0.05, 0) is 39.0 Å². The van der Waals surface area contributed by atoms with Crippen molar-refractivity contribution in [2.45, 2.75) is 20.8 Å². The Balaban J connectivity index is 2.50. The molecule has 2 heterocycles. The van der Waals surface area contributed by atoms with E-state index in [0.717, 1.165) is 5.70 Å². The summed E-state index contributed by atoms with van der Waals surface area (Å²) in [7, 11) is 0. The van der Waals surface area contributed by atoms with Crippen molar-refractivity contribution in [2.75, 3.05) is 11.1 Å². The highest BCUT2D eigenvalue weighted by molar-refractivity contribution is 7.19. The molecule has 2 aromatic rings. The van der Waals surface area contributed by atoms with Crippen LogP contribution in [0.5, 0.6) is 0 Å². The molecule has 0 aliphatic heterocycles. The second kappa shape index (κ2) is 8.30. The number of nitrogens with one attached hydrogen (secondary N) is 1. The van der Waals surface area contributed by atoms with Crippen LogP contribution in [0.3, 0.4) is 0 Å².